The molecule has 58 heavy (non-hydrogen) atoms. The minimum atomic E-state index is -1.12. The highest BCUT2D eigenvalue weighted by Gasteiger charge is 2.51. The Bertz CT molecular complexity index is 2140. The van der Waals surface area contributed by atoms with Gasteiger partial charge >= 0.3 is 0 Å². The van der Waals surface area contributed by atoms with Crippen LogP contribution in [0.1, 0.15) is 126 Å². The maximum absolute atomic E-state index is 14.2. The SMILES string of the molecule is C[C@@H]1O[C@@H](O[C@H]2CC[C@H](O[C@@]3(C)CC(=O)c4cc5c(c(O)c4C3)C(=O)c3ccc([C@H]4C[C@H]6O[C@H]7CC(=O)[C@H](C)O[C@H]7O[C@@H]6[C@@H](C)O4)c(O)c3C5=O)O[C@H]2C)C=CC1=O. The number of fused-ring (bicyclic) bond motifs is 5. The Morgan fingerprint density at radius 3 is 2.28 bits per heavy atom. The molecule has 0 spiro atoms. The molecule has 0 saturated carbocycles. The smallest absolute Gasteiger partial charge is 0.198 e. The van der Waals surface area contributed by atoms with E-state index in [0.717, 1.165) is 0 Å². The van der Waals surface area contributed by atoms with Crippen molar-refractivity contribution in [1.82, 2.24) is 0 Å². The molecule has 7 aliphatic rings. The molecule has 15 heteroatoms. The highest BCUT2D eigenvalue weighted by Crippen LogP contribution is 2.48. The lowest BCUT2D eigenvalue weighted by atomic mass is 9.74. The molecule has 2 aromatic carbocycles. The highest BCUT2D eigenvalue weighted by molar-refractivity contribution is 6.31. The number of hydrogen-bond donors (Lipinski definition) is 2. The zero-order valence-electron chi connectivity index (χ0n) is 32.8. The van der Waals surface area contributed by atoms with Crippen LogP contribution < -0.4 is 0 Å². The Hall–Kier alpha value is -4.19. The van der Waals surface area contributed by atoms with Gasteiger partial charge in [-0.3, -0.25) is 24.0 Å². The topological polar surface area (TPSA) is 200 Å². The molecule has 9 rings (SSSR count). The third-order valence-corrected chi connectivity index (χ3v) is 12.5. The van der Waals surface area contributed by atoms with Crippen LogP contribution in [-0.4, -0.2) is 112 Å². The van der Waals surface area contributed by atoms with Crippen molar-refractivity contribution in [3.8, 4) is 11.5 Å². The first kappa shape index (κ1) is 39.3. The second-order valence-corrected chi connectivity index (χ2v) is 16.7. The van der Waals surface area contributed by atoms with Crippen molar-refractivity contribution >= 4 is 28.9 Å². The molecule has 5 aliphatic heterocycles. The fraction of sp³-hybridized carbons (Fsp3) is 0.558. The van der Waals surface area contributed by atoms with Gasteiger partial charge in [-0.15, -0.1) is 0 Å². The summed E-state index contributed by atoms with van der Waals surface area (Å²) in [6, 6.07) is 4.29. The molecule has 4 fully saturated rings. The van der Waals surface area contributed by atoms with Gasteiger partial charge in [0, 0.05) is 59.9 Å². The average Bonchev–Trinajstić information content (AvgIpc) is 3.16. The molecule has 5 heterocycles. The van der Waals surface area contributed by atoms with Crippen molar-refractivity contribution in [3.05, 3.63) is 69.3 Å². The largest absolute Gasteiger partial charge is 0.507 e. The summed E-state index contributed by atoms with van der Waals surface area (Å²) in [4.78, 5) is 66.3. The lowest BCUT2D eigenvalue weighted by Gasteiger charge is -2.49. The molecule has 308 valence electrons. The molecule has 0 radical (unpaired) electrons. The summed E-state index contributed by atoms with van der Waals surface area (Å²) in [7, 11) is 0. The van der Waals surface area contributed by atoms with Crippen LogP contribution in [0.4, 0.5) is 0 Å². The second-order valence-electron chi connectivity index (χ2n) is 16.7. The number of phenols is 2. The maximum Gasteiger partial charge on any atom is 0.198 e. The van der Waals surface area contributed by atoms with E-state index in [9.17, 15) is 34.2 Å². The average molecular weight is 803 g/mol. The Labute approximate surface area is 333 Å². The molecule has 0 unspecified atom stereocenters. The lowest BCUT2D eigenvalue weighted by molar-refractivity contribution is -0.347. The normalized spacial score (nSPS) is 38.4. The van der Waals surface area contributed by atoms with Gasteiger partial charge in [0.15, 0.2) is 47.8 Å². The Kier molecular flexibility index (Phi) is 9.83. The van der Waals surface area contributed by atoms with Crippen molar-refractivity contribution in [2.45, 2.75) is 153 Å². The van der Waals surface area contributed by atoms with Crippen molar-refractivity contribution in [2.75, 3.05) is 0 Å². The Morgan fingerprint density at radius 1 is 0.759 bits per heavy atom. The van der Waals surface area contributed by atoms with Crippen LogP contribution >= 0.6 is 0 Å². The molecule has 0 aromatic heterocycles. The van der Waals surface area contributed by atoms with Gasteiger partial charge in [-0.25, -0.2) is 0 Å². The zero-order valence-corrected chi connectivity index (χ0v) is 32.8. The van der Waals surface area contributed by atoms with E-state index in [1.54, 1.807) is 33.8 Å². The van der Waals surface area contributed by atoms with E-state index in [0.29, 0.717) is 12.8 Å². The van der Waals surface area contributed by atoms with E-state index >= 15 is 0 Å². The molecule has 2 aromatic rings. The van der Waals surface area contributed by atoms with E-state index in [-0.39, 0.29) is 82.3 Å². The molecule has 0 bridgehead atoms. The summed E-state index contributed by atoms with van der Waals surface area (Å²) in [5.74, 6) is -2.93. The van der Waals surface area contributed by atoms with Gasteiger partial charge in [0.1, 0.15) is 35.9 Å². The fourth-order valence-corrected chi connectivity index (χ4v) is 9.45. The number of ether oxygens (including phenoxy) is 8. The summed E-state index contributed by atoms with van der Waals surface area (Å²) >= 11 is 0. The third kappa shape index (κ3) is 6.65. The van der Waals surface area contributed by atoms with Gasteiger partial charge in [0.2, 0.25) is 0 Å². The van der Waals surface area contributed by atoms with Crippen LogP contribution in [0.2, 0.25) is 0 Å². The first-order valence-corrected chi connectivity index (χ1v) is 20.0. The molecule has 0 amide bonds. The minimum Gasteiger partial charge on any atom is -0.507 e. The van der Waals surface area contributed by atoms with Gasteiger partial charge in [0.05, 0.1) is 47.2 Å². The second kappa shape index (κ2) is 14.5. The lowest BCUT2D eigenvalue weighted by Crippen LogP contribution is -2.60. The fourth-order valence-electron chi connectivity index (χ4n) is 9.45. The van der Waals surface area contributed by atoms with Crippen molar-refractivity contribution in [2.24, 2.45) is 0 Å². The first-order valence-electron chi connectivity index (χ1n) is 20.0. The van der Waals surface area contributed by atoms with E-state index in [2.05, 4.69) is 0 Å². The molecule has 15 nitrogen and oxygen atoms in total. The van der Waals surface area contributed by atoms with E-state index in [1.807, 2.05) is 6.92 Å². The summed E-state index contributed by atoms with van der Waals surface area (Å²) in [5.41, 5.74) is -1.34. The molecule has 13 atom stereocenters. The van der Waals surface area contributed by atoms with Gasteiger partial charge in [-0.05, 0) is 65.3 Å². The number of benzene rings is 2. The zero-order chi connectivity index (χ0) is 40.9. The monoisotopic (exact) mass is 802 g/mol. The summed E-state index contributed by atoms with van der Waals surface area (Å²) in [6.45, 7) is 8.72. The minimum absolute atomic E-state index is 0.0541. The highest BCUT2D eigenvalue weighted by atomic mass is 16.7. The summed E-state index contributed by atoms with van der Waals surface area (Å²) in [5, 5.41) is 23.4. The number of carbonyl (C=O) groups excluding carboxylic acids is 5. The van der Waals surface area contributed by atoms with Gasteiger partial charge in [-0.1, -0.05) is 6.07 Å². The summed E-state index contributed by atoms with van der Waals surface area (Å²) < 4.78 is 48.8. The number of ketones is 5. The van der Waals surface area contributed by atoms with E-state index < -0.39 is 102 Å². The molecule has 4 saturated heterocycles. The maximum atomic E-state index is 14.2. The quantitative estimate of drug-likeness (QED) is 0.371. The number of Topliss-reactive ketones (excluding diaryl/α,β-unsaturated/α-hetero) is 2. The summed E-state index contributed by atoms with van der Waals surface area (Å²) in [6.07, 6.45) is -2.57. The van der Waals surface area contributed by atoms with Crippen molar-refractivity contribution in [3.63, 3.8) is 0 Å². The Morgan fingerprint density at radius 2 is 1.52 bits per heavy atom. The predicted octanol–water partition coefficient (Wildman–Crippen LogP) is 4.26. The standard InChI is InChI=1S/C43H46O15/c1-17-26(44)8-10-33(52-17)56-29-9-11-34(53-19(29)3)58-43(5)15-25-23(28(46)16-43)12-24-36(40(25)50)38(48)22-7-6-21(37(47)35(22)39(24)49)30-14-31-41(20(4)51-30)57-42-32(55-31)13-27(45)18(2)54-42/h6-8,10,12,17-20,29-34,41-42,47,50H,9,11,13-16H2,1-5H3/t17-,18-,19-,20+,29-,30+,31+,32-,33-,34-,41+,42-,43+/m0/s1. The Balaban J connectivity index is 0.919. The van der Waals surface area contributed by atoms with Crippen molar-refractivity contribution in [1.29, 1.82) is 0 Å². The number of phenolic OH excluding ortho intramolecular Hbond substituents is 2. The van der Waals surface area contributed by atoms with Crippen LogP contribution in [0.5, 0.6) is 11.5 Å². The van der Waals surface area contributed by atoms with Gasteiger partial charge in [-0.2, -0.15) is 0 Å². The molecule has 2 N–H and O–H groups in total. The number of aromatic hydroxyl groups is 2. The molecular weight excluding hydrogens is 756 g/mol. The van der Waals surface area contributed by atoms with Crippen LogP contribution in [0.3, 0.4) is 0 Å². The predicted molar refractivity (Wildman–Crippen MR) is 198 cm³/mol. The van der Waals surface area contributed by atoms with Crippen LogP contribution in [0.15, 0.2) is 30.4 Å². The number of hydrogen-bond acceptors (Lipinski definition) is 15. The molecular formula is C43H46O15. The van der Waals surface area contributed by atoms with Crippen LogP contribution in [0, 0.1) is 0 Å². The van der Waals surface area contributed by atoms with Crippen molar-refractivity contribution < 1.29 is 72.1 Å². The van der Waals surface area contributed by atoms with Crippen LogP contribution in [0.25, 0.3) is 0 Å². The van der Waals surface area contributed by atoms with Gasteiger partial charge < -0.3 is 48.1 Å². The van der Waals surface area contributed by atoms with Gasteiger partial charge in [0.25, 0.3) is 0 Å². The first-order chi connectivity index (χ1) is 27.6. The third-order valence-electron chi connectivity index (χ3n) is 12.5. The van der Waals surface area contributed by atoms with E-state index in [4.69, 9.17) is 37.9 Å². The van der Waals surface area contributed by atoms with E-state index in [1.165, 1.54) is 24.3 Å². The number of rotatable bonds is 5. The van der Waals surface area contributed by atoms with Crippen LogP contribution in [-0.2, 0) is 53.9 Å². The number of carbonyl (C=O) groups is 5. The molecule has 2 aliphatic carbocycles.